The first kappa shape index (κ1) is 68.1. The standard InChI is InChI=1S/C61H93N19O7/c1-58(2,26-19-15-16-20-27-62)73-41(25-30-65-59(3,4)49(82)43-32-39(34-76(43)10)67-55(85)44-33-40(35-77(44)11)66-54(84)42-24-23-31-75(42)9)48(81)61(7,8)74-47-38-80(14)53(70-47)57(87)72-46-37-79(13)52(69-46)56(86)71-45-36-78(12)51(68-45)50(83)60(5,6)64-29-22-18-17-21-28-63/h23-24,31-38,41,64-65,73-74H,15-22,25-30,62-63H2,1-14H3,(H,66,84)(H,67,85)(H,71,86)(H,72,87). The van der Waals surface area contributed by atoms with Crippen molar-refractivity contribution < 1.29 is 33.6 Å². The summed E-state index contributed by atoms with van der Waals surface area (Å²) in [5.74, 6) is -2.04. The van der Waals surface area contributed by atoms with Gasteiger partial charge in [0.15, 0.2) is 29.0 Å². The molecule has 87 heavy (non-hydrogen) atoms. The number of ketones is 3. The fourth-order valence-corrected chi connectivity index (χ4v) is 10.4. The second-order valence-corrected chi connectivity index (χ2v) is 24.9. The lowest BCUT2D eigenvalue weighted by atomic mass is 9.87. The number of nitrogens with one attached hydrogen (secondary N) is 8. The summed E-state index contributed by atoms with van der Waals surface area (Å²) in [5, 5.41) is 24.8. The van der Waals surface area contributed by atoms with Crippen LogP contribution in [0.4, 0.5) is 28.8 Å². The van der Waals surface area contributed by atoms with Crippen LogP contribution in [-0.2, 0) is 47.1 Å². The number of anilines is 5. The van der Waals surface area contributed by atoms with Crippen molar-refractivity contribution >= 4 is 69.8 Å². The van der Waals surface area contributed by atoms with E-state index < -0.39 is 45.9 Å². The van der Waals surface area contributed by atoms with E-state index in [-0.39, 0.29) is 64.7 Å². The zero-order chi connectivity index (χ0) is 64.2. The summed E-state index contributed by atoms with van der Waals surface area (Å²) in [6, 6.07) is 5.95. The van der Waals surface area contributed by atoms with Crippen molar-refractivity contribution in [3.8, 4) is 0 Å². The van der Waals surface area contributed by atoms with Crippen LogP contribution in [0.25, 0.3) is 0 Å². The Morgan fingerprint density at radius 1 is 0.483 bits per heavy atom. The van der Waals surface area contributed by atoms with Gasteiger partial charge in [0, 0.05) is 85.0 Å². The molecule has 0 saturated heterocycles. The summed E-state index contributed by atoms with van der Waals surface area (Å²) in [7, 11) is 10.1. The number of unbranched alkanes of at least 4 members (excludes halogenated alkanes) is 6. The van der Waals surface area contributed by atoms with Gasteiger partial charge in [0.1, 0.15) is 17.2 Å². The van der Waals surface area contributed by atoms with E-state index in [1.54, 1.807) is 157 Å². The number of carbonyl (C=O) groups excluding carboxylic acids is 7. The Morgan fingerprint density at radius 2 is 0.954 bits per heavy atom. The monoisotopic (exact) mass is 1200 g/mol. The highest BCUT2D eigenvalue weighted by Gasteiger charge is 2.39. The first-order valence-corrected chi connectivity index (χ1v) is 29.8. The smallest absolute Gasteiger partial charge is 0.292 e. The molecule has 0 radical (unpaired) electrons. The highest BCUT2D eigenvalue weighted by molar-refractivity contribution is 6.08. The minimum Gasteiger partial charge on any atom is -0.357 e. The maximum absolute atomic E-state index is 14.9. The molecule has 0 bridgehead atoms. The summed E-state index contributed by atoms with van der Waals surface area (Å²) in [6.07, 6.45) is 18.6. The molecule has 26 nitrogen and oxygen atoms in total. The van der Waals surface area contributed by atoms with Crippen LogP contribution >= 0.6 is 0 Å². The first-order valence-electron chi connectivity index (χ1n) is 29.8. The lowest BCUT2D eigenvalue weighted by Gasteiger charge is -2.36. The lowest BCUT2D eigenvalue weighted by molar-refractivity contribution is -0.125. The molecule has 0 aliphatic heterocycles. The molecule has 0 aliphatic rings. The highest BCUT2D eigenvalue weighted by atomic mass is 16.2. The summed E-state index contributed by atoms with van der Waals surface area (Å²) in [5.41, 5.74) is 9.60. The number of imidazole rings is 3. The fourth-order valence-electron chi connectivity index (χ4n) is 10.4. The molecule has 0 spiro atoms. The number of hydrogen-bond donors (Lipinski definition) is 10. The molecule has 6 aromatic heterocycles. The number of nitrogens with zero attached hydrogens (tertiary/aromatic N) is 9. The SMILES string of the molecule is Cn1cccc1C(=O)Nc1cc(C(=O)Nc2cc(C(=O)C(C)(C)NCCC(NC(C)(C)CCCCCCN)C(=O)C(C)(C)Nc3cn(C)c(C(=O)Nc4cn(C)c(C(=O)Nc5cn(C)c(C(=O)C(C)(C)NCCCCCCN)n5)n4)n3)n(C)c2)n(C)c1. The lowest BCUT2D eigenvalue weighted by Crippen LogP contribution is -2.58. The normalized spacial score (nSPS) is 12.5. The van der Waals surface area contributed by atoms with Gasteiger partial charge in [-0.05, 0) is 138 Å². The molecule has 0 aromatic carbocycles. The fraction of sp³-hybridized carbons (Fsp3) is 0.541. The molecular formula is C61H93N19O7. The van der Waals surface area contributed by atoms with Gasteiger partial charge in [0.25, 0.3) is 23.6 Å². The Labute approximate surface area is 510 Å². The Balaban J connectivity index is 1.08. The Hall–Kier alpha value is -8.04. The molecule has 0 saturated carbocycles. The van der Waals surface area contributed by atoms with Gasteiger partial charge in [-0.25, -0.2) is 15.0 Å². The van der Waals surface area contributed by atoms with E-state index in [0.717, 1.165) is 57.8 Å². The van der Waals surface area contributed by atoms with Gasteiger partial charge in [-0.3, -0.25) is 33.6 Å². The molecule has 0 fully saturated rings. The van der Waals surface area contributed by atoms with Crippen molar-refractivity contribution in [1.82, 2.24) is 58.3 Å². The Morgan fingerprint density at radius 3 is 1.52 bits per heavy atom. The number of carbonyl (C=O) groups is 7. The van der Waals surface area contributed by atoms with E-state index in [0.29, 0.717) is 54.5 Å². The maximum Gasteiger partial charge on any atom is 0.292 e. The van der Waals surface area contributed by atoms with Crippen molar-refractivity contribution in [3.63, 3.8) is 0 Å². The number of nitrogens with two attached hydrogens (primary N) is 2. The summed E-state index contributed by atoms with van der Waals surface area (Å²) >= 11 is 0. The van der Waals surface area contributed by atoms with Gasteiger partial charge >= 0.3 is 0 Å². The molecule has 6 rings (SSSR count). The quantitative estimate of drug-likeness (QED) is 0.0160. The average molecular weight is 1200 g/mol. The van der Waals surface area contributed by atoms with Gasteiger partial charge in [-0.1, -0.05) is 32.1 Å². The van der Waals surface area contributed by atoms with E-state index >= 15 is 0 Å². The number of rotatable bonds is 35. The molecule has 4 amide bonds. The van der Waals surface area contributed by atoms with Crippen LogP contribution in [0.15, 0.2) is 61.4 Å². The average Bonchev–Trinajstić information content (AvgIpc) is 2.24. The maximum atomic E-state index is 14.9. The van der Waals surface area contributed by atoms with Crippen molar-refractivity contribution in [2.75, 3.05) is 52.8 Å². The molecule has 474 valence electrons. The molecule has 1 unspecified atom stereocenters. The third kappa shape index (κ3) is 18.0. The van der Waals surface area contributed by atoms with Crippen molar-refractivity contribution in [1.29, 1.82) is 0 Å². The van der Waals surface area contributed by atoms with Crippen molar-refractivity contribution in [2.24, 2.45) is 53.8 Å². The van der Waals surface area contributed by atoms with E-state index in [1.165, 1.54) is 15.3 Å². The van der Waals surface area contributed by atoms with Crippen molar-refractivity contribution in [3.05, 3.63) is 96.0 Å². The van der Waals surface area contributed by atoms with Crippen LogP contribution in [0.5, 0.6) is 0 Å². The second kappa shape index (κ2) is 29.1. The van der Waals surface area contributed by atoms with E-state index in [1.807, 2.05) is 0 Å². The largest absolute Gasteiger partial charge is 0.357 e. The van der Waals surface area contributed by atoms with Gasteiger partial charge in [-0.15, -0.1) is 0 Å². The highest BCUT2D eigenvalue weighted by Crippen LogP contribution is 2.26. The molecule has 6 aromatic rings. The minimum absolute atomic E-state index is 0.00235. The molecule has 6 heterocycles. The zero-order valence-corrected chi connectivity index (χ0v) is 53.3. The molecule has 26 heteroatoms. The van der Waals surface area contributed by atoms with Crippen LogP contribution in [0.3, 0.4) is 0 Å². The topological polar surface area (TPSA) is 336 Å². The van der Waals surface area contributed by atoms with Crippen LogP contribution in [0.2, 0.25) is 0 Å². The number of aromatic nitrogens is 9. The number of hydrogen-bond acceptors (Lipinski definition) is 16. The number of amides is 4. The van der Waals surface area contributed by atoms with Crippen LogP contribution < -0.4 is 54.0 Å². The number of aryl methyl sites for hydroxylation is 6. The van der Waals surface area contributed by atoms with Crippen LogP contribution in [-0.4, -0.2) is 138 Å². The predicted octanol–water partition coefficient (Wildman–Crippen LogP) is 6.03. The molecule has 0 aliphatic carbocycles. The van der Waals surface area contributed by atoms with Crippen LogP contribution in [0.1, 0.15) is 183 Å². The van der Waals surface area contributed by atoms with E-state index in [2.05, 4.69) is 71.3 Å². The number of Topliss-reactive ketones (excluding diaryl/α,β-unsaturated/α-hetero) is 3. The Kier molecular flexibility index (Phi) is 22.8. The van der Waals surface area contributed by atoms with Crippen LogP contribution in [0, 0.1) is 0 Å². The first-order chi connectivity index (χ1) is 40.9. The predicted molar refractivity (Wildman–Crippen MR) is 338 cm³/mol. The Bertz CT molecular complexity index is 3400. The summed E-state index contributed by atoms with van der Waals surface area (Å²) in [4.78, 5) is 110. The third-order valence-electron chi connectivity index (χ3n) is 15.4. The third-order valence-corrected chi connectivity index (χ3v) is 15.4. The van der Waals surface area contributed by atoms with Gasteiger partial charge in [0.2, 0.25) is 17.4 Å². The molecule has 1 atom stereocenters. The molecular weight excluding hydrogens is 1110 g/mol. The second-order valence-electron chi connectivity index (χ2n) is 24.9. The van der Waals surface area contributed by atoms with Gasteiger partial charge < -0.3 is 81.4 Å². The van der Waals surface area contributed by atoms with Gasteiger partial charge in [0.05, 0.1) is 39.7 Å². The molecule has 12 N–H and O–H groups in total. The van der Waals surface area contributed by atoms with E-state index in [4.69, 9.17) is 11.5 Å². The summed E-state index contributed by atoms with van der Waals surface area (Å²) < 4.78 is 9.48. The van der Waals surface area contributed by atoms with Crippen molar-refractivity contribution in [2.45, 2.75) is 148 Å². The van der Waals surface area contributed by atoms with Gasteiger partial charge in [-0.2, -0.15) is 0 Å². The van der Waals surface area contributed by atoms with E-state index in [9.17, 15) is 33.6 Å². The summed E-state index contributed by atoms with van der Waals surface area (Å²) in [6.45, 7) is 17.0. The zero-order valence-electron chi connectivity index (χ0n) is 53.3. The minimum atomic E-state index is -1.23.